The molecule has 3 heteroatoms. The number of unbranched alkanes of at least 4 members (excludes halogenated alkanes) is 15. The first-order chi connectivity index (χ1) is 17.1. The Labute approximate surface area is 214 Å². The van der Waals surface area contributed by atoms with Crippen molar-refractivity contribution in [3.63, 3.8) is 0 Å². The summed E-state index contributed by atoms with van der Waals surface area (Å²) in [5.74, 6) is 0.428. The maximum absolute atomic E-state index is 12.7. The number of rotatable bonds is 20. The third-order valence-electron chi connectivity index (χ3n) is 6.87. The number of benzene rings is 2. The van der Waals surface area contributed by atoms with Gasteiger partial charge in [-0.25, -0.2) is 0 Å². The van der Waals surface area contributed by atoms with E-state index in [1.54, 1.807) is 24.3 Å². The number of hydrogen-bond acceptors (Lipinski definition) is 3. The minimum atomic E-state index is -0.162. The second-order valence-electron chi connectivity index (χ2n) is 9.97. The Hall–Kier alpha value is -2.29. The zero-order valence-corrected chi connectivity index (χ0v) is 22.3. The number of ether oxygens (including phenoxy) is 1. The molecule has 0 aliphatic heterocycles. The summed E-state index contributed by atoms with van der Waals surface area (Å²) in [5.41, 5.74) is 1.83. The van der Waals surface area contributed by atoms with Crippen LogP contribution in [0.1, 0.15) is 131 Å². The van der Waals surface area contributed by atoms with Crippen molar-refractivity contribution in [3.8, 4) is 11.5 Å². The van der Waals surface area contributed by atoms with Crippen molar-refractivity contribution >= 4 is 5.78 Å². The number of phenols is 1. The lowest BCUT2D eigenvalue weighted by Gasteiger charge is -2.10. The van der Waals surface area contributed by atoms with Crippen molar-refractivity contribution in [1.29, 1.82) is 0 Å². The van der Waals surface area contributed by atoms with Gasteiger partial charge in [0.25, 0.3) is 0 Å². The maximum Gasteiger partial charge on any atom is 0.197 e. The molecule has 0 bridgehead atoms. The highest BCUT2D eigenvalue weighted by molar-refractivity contribution is 6.11. The third kappa shape index (κ3) is 11.8. The van der Waals surface area contributed by atoms with Gasteiger partial charge in [-0.3, -0.25) is 4.79 Å². The molecule has 1 N–H and O–H groups in total. The summed E-state index contributed by atoms with van der Waals surface area (Å²) in [4.78, 5) is 12.7. The Morgan fingerprint density at radius 1 is 0.686 bits per heavy atom. The fourth-order valence-corrected chi connectivity index (χ4v) is 4.61. The van der Waals surface area contributed by atoms with E-state index in [0.717, 1.165) is 12.0 Å². The molecule has 35 heavy (non-hydrogen) atoms. The van der Waals surface area contributed by atoms with Gasteiger partial charge in [0, 0.05) is 11.6 Å². The molecular weight excluding hydrogens is 432 g/mol. The van der Waals surface area contributed by atoms with Crippen LogP contribution in [-0.2, 0) is 0 Å². The fraction of sp³-hybridized carbons (Fsp3) is 0.594. The summed E-state index contributed by atoms with van der Waals surface area (Å²) in [6, 6.07) is 12.4. The van der Waals surface area contributed by atoms with Gasteiger partial charge in [-0.15, -0.1) is 0 Å². The number of hydrogen-bond donors (Lipinski definition) is 1. The van der Waals surface area contributed by atoms with E-state index in [1.165, 1.54) is 96.3 Å². The van der Waals surface area contributed by atoms with Crippen LogP contribution in [0.2, 0.25) is 0 Å². The second kappa shape index (κ2) is 18.0. The van der Waals surface area contributed by atoms with Crippen LogP contribution in [0.15, 0.2) is 42.5 Å². The number of carbonyl (C=O) groups excluding carboxylic acids is 1. The number of aromatic hydroxyl groups is 1. The van der Waals surface area contributed by atoms with E-state index in [-0.39, 0.29) is 11.5 Å². The molecule has 0 heterocycles. The molecule has 0 aliphatic rings. The average Bonchev–Trinajstić information content (AvgIpc) is 2.86. The molecule has 0 aliphatic carbocycles. The molecule has 0 atom stereocenters. The first-order valence-corrected chi connectivity index (χ1v) is 14.2. The molecule has 0 aromatic heterocycles. The lowest BCUT2D eigenvalue weighted by atomic mass is 9.98. The molecule has 0 saturated heterocycles. The standard InChI is InChI=1S/C32H48O3/c1-3-4-5-6-7-8-9-10-11-12-13-14-15-16-17-20-25-35-28-23-24-30(31(33)26-28)32(34)29-22-19-18-21-27(29)2/h18-19,21-24,26,33H,3-17,20,25H2,1-2H3. The Kier molecular flexibility index (Phi) is 14.9. The monoisotopic (exact) mass is 480 g/mol. The molecular formula is C32H48O3. The van der Waals surface area contributed by atoms with Crippen LogP contribution in [0.25, 0.3) is 0 Å². The molecule has 2 rings (SSSR count). The van der Waals surface area contributed by atoms with Gasteiger partial charge in [-0.2, -0.15) is 0 Å². The van der Waals surface area contributed by atoms with Crippen molar-refractivity contribution in [2.75, 3.05) is 6.61 Å². The van der Waals surface area contributed by atoms with E-state index in [2.05, 4.69) is 6.92 Å². The largest absolute Gasteiger partial charge is 0.507 e. The van der Waals surface area contributed by atoms with E-state index in [9.17, 15) is 9.90 Å². The average molecular weight is 481 g/mol. The molecule has 0 radical (unpaired) electrons. The predicted molar refractivity (Wildman–Crippen MR) is 148 cm³/mol. The smallest absolute Gasteiger partial charge is 0.197 e. The summed E-state index contributed by atoms with van der Waals surface area (Å²) in [7, 11) is 0. The second-order valence-corrected chi connectivity index (χ2v) is 9.97. The molecule has 0 unspecified atom stereocenters. The molecule has 0 spiro atoms. The SMILES string of the molecule is CCCCCCCCCCCCCCCCCCOc1ccc(C(=O)c2ccccc2C)c(O)c1. The molecule has 194 valence electrons. The molecule has 3 nitrogen and oxygen atoms in total. The van der Waals surface area contributed by atoms with E-state index in [4.69, 9.17) is 4.74 Å². The van der Waals surface area contributed by atoms with Gasteiger partial charge in [0.15, 0.2) is 5.78 Å². The summed E-state index contributed by atoms with van der Waals surface area (Å²) < 4.78 is 5.80. The van der Waals surface area contributed by atoms with E-state index in [1.807, 2.05) is 25.1 Å². The van der Waals surface area contributed by atoms with Crippen molar-refractivity contribution in [2.24, 2.45) is 0 Å². The number of phenolic OH excluding ortho intramolecular Hbond substituents is 1. The Bertz CT molecular complexity index is 842. The van der Waals surface area contributed by atoms with Crippen LogP contribution in [-0.4, -0.2) is 17.5 Å². The van der Waals surface area contributed by atoms with Gasteiger partial charge < -0.3 is 9.84 Å². The number of ketones is 1. The Morgan fingerprint density at radius 3 is 1.71 bits per heavy atom. The summed E-state index contributed by atoms with van der Waals surface area (Å²) >= 11 is 0. The van der Waals surface area contributed by atoms with Crippen LogP contribution in [0.5, 0.6) is 11.5 Å². The van der Waals surface area contributed by atoms with Crippen molar-refractivity contribution < 1.29 is 14.6 Å². The summed E-state index contributed by atoms with van der Waals surface area (Å²) in [6.07, 6.45) is 21.6. The van der Waals surface area contributed by atoms with Gasteiger partial charge >= 0.3 is 0 Å². The van der Waals surface area contributed by atoms with Crippen LogP contribution in [0, 0.1) is 6.92 Å². The molecule has 0 amide bonds. The van der Waals surface area contributed by atoms with Crippen LogP contribution >= 0.6 is 0 Å². The van der Waals surface area contributed by atoms with Crippen LogP contribution in [0.3, 0.4) is 0 Å². The topological polar surface area (TPSA) is 46.5 Å². The van der Waals surface area contributed by atoms with Crippen molar-refractivity contribution in [2.45, 2.75) is 117 Å². The van der Waals surface area contributed by atoms with Gasteiger partial charge in [-0.05, 0) is 31.0 Å². The summed E-state index contributed by atoms with van der Waals surface area (Å²) in [6.45, 7) is 4.82. The fourth-order valence-electron chi connectivity index (χ4n) is 4.61. The first-order valence-electron chi connectivity index (χ1n) is 14.2. The van der Waals surface area contributed by atoms with Crippen LogP contribution in [0.4, 0.5) is 0 Å². The Balaban J connectivity index is 1.47. The van der Waals surface area contributed by atoms with Gasteiger partial charge in [0.2, 0.25) is 0 Å². The van der Waals surface area contributed by atoms with E-state index >= 15 is 0 Å². The third-order valence-corrected chi connectivity index (χ3v) is 6.87. The summed E-state index contributed by atoms with van der Waals surface area (Å²) in [5, 5.41) is 10.4. The van der Waals surface area contributed by atoms with Crippen LogP contribution < -0.4 is 4.74 Å². The van der Waals surface area contributed by atoms with Gasteiger partial charge in [-0.1, -0.05) is 128 Å². The molecule has 0 saturated carbocycles. The predicted octanol–water partition coefficient (Wildman–Crippen LogP) is 9.57. The highest BCUT2D eigenvalue weighted by atomic mass is 16.5. The zero-order chi connectivity index (χ0) is 25.1. The van der Waals surface area contributed by atoms with Crippen molar-refractivity contribution in [3.05, 3.63) is 59.2 Å². The van der Waals surface area contributed by atoms with Gasteiger partial charge in [0.1, 0.15) is 11.5 Å². The van der Waals surface area contributed by atoms with E-state index < -0.39 is 0 Å². The lowest BCUT2D eigenvalue weighted by molar-refractivity contribution is 0.103. The molecule has 2 aromatic carbocycles. The normalized spacial score (nSPS) is 11.0. The molecule has 2 aromatic rings. The Morgan fingerprint density at radius 2 is 1.20 bits per heavy atom. The quantitative estimate of drug-likeness (QED) is 0.152. The highest BCUT2D eigenvalue weighted by Crippen LogP contribution is 2.27. The zero-order valence-electron chi connectivity index (χ0n) is 22.3. The van der Waals surface area contributed by atoms with Crippen molar-refractivity contribution in [1.82, 2.24) is 0 Å². The lowest BCUT2D eigenvalue weighted by Crippen LogP contribution is -2.04. The maximum atomic E-state index is 12.7. The molecule has 0 fully saturated rings. The van der Waals surface area contributed by atoms with E-state index in [0.29, 0.717) is 23.5 Å². The minimum absolute atomic E-state index is 0.0253. The number of carbonyl (C=O) groups is 1. The highest BCUT2D eigenvalue weighted by Gasteiger charge is 2.15. The number of aryl methyl sites for hydroxylation is 1. The first kappa shape index (κ1) is 28.9. The minimum Gasteiger partial charge on any atom is -0.507 e. The van der Waals surface area contributed by atoms with Gasteiger partial charge in [0.05, 0.1) is 12.2 Å².